The van der Waals surface area contributed by atoms with Crippen LogP contribution in [0.15, 0.2) is 42.5 Å². The van der Waals surface area contributed by atoms with Crippen LogP contribution in [0.5, 0.6) is 5.75 Å². The largest absolute Gasteiger partial charge is 0.492 e. The van der Waals surface area contributed by atoms with Gasteiger partial charge < -0.3 is 9.47 Å². The van der Waals surface area contributed by atoms with Crippen LogP contribution in [0, 0.1) is 0 Å². The lowest BCUT2D eigenvalue weighted by Gasteiger charge is -2.17. The molecule has 0 amide bonds. The first-order chi connectivity index (χ1) is 13.6. The summed E-state index contributed by atoms with van der Waals surface area (Å²) in [7, 11) is 0. The average molecular weight is 374 g/mol. The van der Waals surface area contributed by atoms with Crippen LogP contribution in [0.2, 0.25) is 0 Å². The van der Waals surface area contributed by atoms with Crippen LogP contribution < -0.4 is 4.74 Å². The summed E-state index contributed by atoms with van der Waals surface area (Å²) in [5, 5.41) is 1.72. The van der Waals surface area contributed by atoms with E-state index in [9.17, 15) is 9.59 Å². The molecule has 0 spiro atoms. The summed E-state index contributed by atoms with van der Waals surface area (Å²) in [6, 6.07) is 14.2. The monoisotopic (exact) mass is 374 g/mol. The van der Waals surface area contributed by atoms with Crippen molar-refractivity contribution in [1.29, 1.82) is 0 Å². The first-order valence-electron chi connectivity index (χ1n) is 9.70. The number of ether oxygens (including phenoxy) is 2. The van der Waals surface area contributed by atoms with Crippen molar-refractivity contribution in [3.63, 3.8) is 0 Å². The minimum Gasteiger partial charge on any atom is -0.492 e. The molecule has 3 aromatic carbocycles. The molecule has 0 unspecified atom stereocenters. The van der Waals surface area contributed by atoms with Gasteiger partial charge >= 0.3 is 11.9 Å². The molecular weight excluding hydrogens is 352 g/mol. The van der Waals surface area contributed by atoms with E-state index < -0.39 is 11.9 Å². The Hall–Kier alpha value is -3.14. The van der Waals surface area contributed by atoms with Crippen molar-refractivity contribution < 1.29 is 19.1 Å². The number of cyclic esters (lactones) is 2. The van der Waals surface area contributed by atoms with Crippen molar-refractivity contribution in [2.75, 3.05) is 6.61 Å². The molecule has 1 aliphatic rings. The second-order valence-corrected chi connectivity index (χ2v) is 6.85. The van der Waals surface area contributed by atoms with Crippen molar-refractivity contribution in [2.24, 2.45) is 0 Å². The number of esters is 2. The highest BCUT2D eigenvalue weighted by atomic mass is 16.6. The number of benzene rings is 3. The van der Waals surface area contributed by atoms with Crippen molar-refractivity contribution in [1.82, 2.24) is 0 Å². The molecule has 1 heterocycles. The maximum absolute atomic E-state index is 12.6. The van der Waals surface area contributed by atoms with Crippen molar-refractivity contribution in [3.05, 3.63) is 64.7 Å². The van der Waals surface area contributed by atoms with Crippen molar-refractivity contribution >= 4 is 22.7 Å². The van der Waals surface area contributed by atoms with Gasteiger partial charge in [0.05, 0.1) is 12.2 Å². The molecule has 0 saturated carbocycles. The van der Waals surface area contributed by atoms with Crippen molar-refractivity contribution in [2.45, 2.75) is 33.6 Å². The van der Waals surface area contributed by atoms with Crippen LogP contribution in [-0.4, -0.2) is 18.5 Å². The molecule has 0 fully saturated rings. The van der Waals surface area contributed by atoms with E-state index >= 15 is 0 Å². The maximum atomic E-state index is 12.6. The molecular formula is C24H22O4. The number of rotatable bonds is 5. The van der Waals surface area contributed by atoms with Gasteiger partial charge in [-0.05, 0) is 47.9 Å². The molecule has 0 aliphatic carbocycles. The van der Waals surface area contributed by atoms with Crippen LogP contribution in [0.25, 0.3) is 21.9 Å². The Morgan fingerprint density at radius 2 is 1.39 bits per heavy atom. The van der Waals surface area contributed by atoms with E-state index in [4.69, 9.17) is 9.47 Å². The Morgan fingerprint density at radius 3 is 2.04 bits per heavy atom. The Morgan fingerprint density at radius 1 is 0.750 bits per heavy atom. The molecule has 28 heavy (non-hydrogen) atoms. The van der Waals surface area contributed by atoms with Crippen molar-refractivity contribution in [3.8, 4) is 16.9 Å². The molecule has 4 rings (SSSR count). The topological polar surface area (TPSA) is 52.6 Å². The lowest BCUT2D eigenvalue weighted by molar-refractivity contribution is 0.0443. The minimum atomic E-state index is -0.640. The number of hydrogen-bond acceptors (Lipinski definition) is 4. The zero-order valence-corrected chi connectivity index (χ0v) is 16.3. The summed E-state index contributed by atoms with van der Waals surface area (Å²) < 4.78 is 10.9. The predicted octanol–water partition coefficient (Wildman–Crippen LogP) is 5.34. The van der Waals surface area contributed by atoms with Crippen LogP contribution in [0.3, 0.4) is 0 Å². The van der Waals surface area contributed by atoms with Gasteiger partial charge in [-0.25, -0.2) is 9.59 Å². The Bertz CT molecular complexity index is 1090. The zero-order chi connectivity index (χ0) is 19.8. The molecule has 3 aromatic rings. The lowest BCUT2D eigenvalue weighted by Crippen LogP contribution is -2.04. The first-order valence-corrected chi connectivity index (χ1v) is 9.70. The van der Waals surface area contributed by atoms with Gasteiger partial charge in [0, 0.05) is 10.9 Å². The molecule has 0 N–H and O–H groups in total. The summed E-state index contributed by atoms with van der Waals surface area (Å²) >= 11 is 0. The first kappa shape index (κ1) is 18.2. The third-order valence-electron chi connectivity index (χ3n) is 5.27. The quantitative estimate of drug-likeness (QED) is 0.447. The highest BCUT2D eigenvalue weighted by Gasteiger charge is 2.38. The third kappa shape index (κ3) is 2.76. The highest BCUT2D eigenvalue weighted by Crippen LogP contribution is 2.45. The standard InChI is InChI=1S/C24H22O4/c1-4-14-7-10-16(11-8-14)19-17-12-9-15(5-2)13-18(17)22(27-6-3)21-20(19)23(25)28-24(21)26/h7-13H,4-6H2,1-3H3. The number of carbonyl (C=O) groups excluding carboxylic acids is 2. The molecule has 4 nitrogen and oxygen atoms in total. The second-order valence-electron chi connectivity index (χ2n) is 6.85. The van der Waals surface area contributed by atoms with E-state index in [0.29, 0.717) is 17.9 Å². The van der Waals surface area contributed by atoms with Crippen LogP contribution in [-0.2, 0) is 17.6 Å². The van der Waals surface area contributed by atoms with Gasteiger partial charge in [-0.15, -0.1) is 0 Å². The normalized spacial score (nSPS) is 13.0. The van der Waals surface area contributed by atoms with Gasteiger partial charge in [-0.3, -0.25) is 0 Å². The number of hydrogen-bond donors (Lipinski definition) is 0. The summed E-state index contributed by atoms with van der Waals surface area (Å²) in [6.45, 7) is 6.43. The fourth-order valence-electron chi connectivity index (χ4n) is 3.81. The summed E-state index contributed by atoms with van der Waals surface area (Å²) in [4.78, 5) is 25.1. The number of fused-ring (bicyclic) bond motifs is 2. The van der Waals surface area contributed by atoms with E-state index in [1.54, 1.807) is 0 Å². The molecule has 1 aliphatic heterocycles. The smallest absolute Gasteiger partial charge is 0.350 e. The molecule has 0 aromatic heterocycles. The maximum Gasteiger partial charge on any atom is 0.350 e. The zero-order valence-electron chi connectivity index (χ0n) is 16.3. The summed E-state index contributed by atoms with van der Waals surface area (Å²) in [5.41, 5.74) is 4.50. The summed E-state index contributed by atoms with van der Waals surface area (Å²) in [5.74, 6) is -0.816. The molecule has 0 bridgehead atoms. The van der Waals surface area contributed by atoms with Crippen LogP contribution >= 0.6 is 0 Å². The fourth-order valence-corrected chi connectivity index (χ4v) is 3.81. The van der Waals surface area contributed by atoms with Gasteiger partial charge in [-0.1, -0.05) is 50.2 Å². The molecule has 0 atom stereocenters. The molecule has 0 saturated heterocycles. The van der Waals surface area contributed by atoms with Crippen LogP contribution in [0.1, 0.15) is 52.6 Å². The average Bonchev–Trinajstić information content (AvgIpc) is 3.02. The Balaban J connectivity index is 2.14. The number of carbonyl (C=O) groups is 2. The highest BCUT2D eigenvalue weighted by molar-refractivity contribution is 6.25. The van der Waals surface area contributed by atoms with E-state index in [2.05, 4.69) is 19.9 Å². The van der Waals surface area contributed by atoms with Crippen LogP contribution in [0.4, 0.5) is 0 Å². The lowest BCUT2D eigenvalue weighted by atomic mass is 9.88. The van der Waals surface area contributed by atoms with E-state index in [0.717, 1.165) is 40.3 Å². The third-order valence-corrected chi connectivity index (χ3v) is 5.27. The second kappa shape index (κ2) is 7.12. The SMILES string of the molecule is CCOc1c2c(c(-c3ccc(CC)cc3)c3ccc(CC)cc13)C(=O)OC2=O. The Kier molecular flexibility index (Phi) is 4.63. The molecule has 142 valence electrons. The predicted molar refractivity (Wildman–Crippen MR) is 109 cm³/mol. The Labute approximate surface area is 164 Å². The van der Waals surface area contributed by atoms with Gasteiger partial charge in [0.25, 0.3) is 0 Å². The summed E-state index contributed by atoms with van der Waals surface area (Å²) in [6.07, 6.45) is 1.80. The van der Waals surface area contributed by atoms with E-state index in [-0.39, 0.29) is 5.56 Å². The van der Waals surface area contributed by atoms with Gasteiger partial charge in [0.2, 0.25) is 0 Å². The van der Waals surface area contributed by atoms with E-state index in [1.165, 1.54) is 5.56 Å². The van der Waals surface area contributed by atoms with E-state index in [1.807, 2.05) is 43.3 Å². The fraction of sp³-hybridized carbons (Fsp3) is 0.250. The molecule has 0 radical (unpaired) electrons. The minimum absolute atomic E-state index is 0.238. The van der Waals surface area contributed by atoms with Gasteiger partial charge in [0.15, 0.2) is 0 Å². The van der Waals surface area contributed by atoms with Gasteiger partial charge in [0.1, 0.15) is 11.3 Å². The van der Waals surface area contributed by atoms with Gasteiger partial charge in [-0.2, -0.15) is 0 Å². The molecule has 4 heteroatoms. The number of aryl methyl sites for hydroxylation is 2.